The zero-order valence-electron chi connectivity index (χ0n) is 17.1. The molecule has 154 valence electrons. The lowest BCUT2D eigenvalue weighted by atomic mass is 9.99. The summed E-state index contributed by atoms with van der Waals surface area (Å²) in [6.45, 7) is 4.30. The highest BCUT2D eigenvalue weighted by Gasteiger charge is 2.21. The van der Waals surface area contributed by atoms with E-state index in [2.05, 4.69) is 12.2 Å². The zero-order valence-corrected chi connectivity index (χ0v) is 17.1. The Morgan fingerprint density at radius 3 is 2.21 bits per heavy atom. The molecule has 29 heavy (non-hydrogen) atoms. The fourth-order valence-electron chi connectivity index (χ4n) is 3.02. The molecule has 2 rings (SSSR count). The summed E-state index contributed by atoms with van der Waals surface area (Å²) in [5, 5.41) is 2.78. The molecule has 0 spiro atoms. The Morgan fingerprint density at radius 2 is 1.59 bits per heavy atom. The first kappa shape index (κ1) is 22.3. The van der Waals surface area contributed by atoms with Gasteiger partial charge in [-0.25, -0.2) is 0 Å². The summed E-state index contributed by atoms with van der Waals surface area (Å²) in [7, 11) is 0. The van der Waals surface area contributed by atoms with Crippen molar-refractivity contribution in [3.05, 3.63) is 71.3 Å². The lowest BCUT2D eigenvalue weighted by Gasteiger charge is -2.16. The van der Waals surface area contributed by atoms with E-state index in [-0.39, 0.29) is 37.0 Å². The number of rotatable bonds is 11. The molecule has 2 aromatic rings. The molecule has 5 nitrogen and oxygen atoms in total. The fraction of sp³-hybridized carbons (Fsp3) is 0.375. The number of Topliss-reactive ketones (excluding diaryl/α,β-unsaturated/α-hetero) is 1. The maximum absolute atomic E-state index is 12.3. The standard InChI is InChI=1S/C24H29NO4/c1-3-18-10-12-20(13-11-18)22(26)14-15-23(27)25-17-21(24(28)29-4-2)16-19-8-6-5-7-9-19/h5-13,21H,3-4,14-17H2,1-2H3,(H,25,27). The average Bonchev–Trinajstić information content (AvgIpc) is 2.75. The molecule has 0 bridgehead atoms. The first-order chi connectivity index (χ1) is 14.0. The Balaban J connectivity index is 1.84. The van der Waals surface area contributed by atoms with Gasteiger partial charge >= 0.3 is 5.97 Å². The molecule has 0 aliphatic rings. The molecule has 1 N–H and O–H groups in total. The van der Waals surface area contributed by atoms with E-state index in [0.717, 1.165) is 12.0 Å². The van der Waals surface area contributed by atoms with Gasteiger partial charge in [-0.05, 0) is 30.9 Å². The second-order valence-corrected chi connectivity index (χ2v) is 6.92. The molecule has 0 aromatic heterocycles. The van der Waals surface area contributed by atoms with Crippen LogP contribution in [0.1, 0.15) is 48.2 Å². The van der Waals surface area contributed by atoms with Crippen molar-refractivity contribution >= 4 is 17.7 Å². The molecule has 0 saturated heterocycles. The molecule has 0 aliphatic heterocycles. The minimum atomic E-state index is -0.460. The van der Waals surface area contributed by atoms with Crippen molar-refractivity contribution in [3.63, 3.8) is 0 Å². The molecule has 0 aliphatic carbocycles. The number of hydrogen-bond acceptors (Lipinski definition) is 4. The number of ketones is 1. The Kier molecular flexibility index (Phi) is 9.09. The summed E-state index contributed by atoms with van der Waals surface area (Å²) < 4.78 is 5.14. The predicted molar refractivity (Wildman–Crippen MR) is 113 cm³/mol. The Bertz CT molecular complexity index is 799. The predicted octanol–water partition coefficient (Wildman–Crippen LogP) is 3.75. The van der Waals surface area contributed by atoms with Gasteiger partial charge in [-0.3, -0.25) is 14.4 Å². The number of nitrogens with one attached hydrogen (secondary N) is 1. The summed E-state index contributed by atoms with van der Waals surface area (Å²) in [5.41, 5.74) is 2.79. The van der Waals surface area contributed by atoms with Crippen LogP contribution in [-0.4, -0.2) is 30.8 Å². The Morgan fingerprint density at radius 1 is 0.897 bits per heavy atom. The Labute approximate surface area is 172 Å². The van der Waals surface area contributed by atoms with E-state index in [9.17, 15) is 14.4 Å². The highest BCUT2D eigenvalue weighted by Crippen LogP contribution is 2.11. The van der Waals surface area contributed by atoms with Gasteiger partial charge in [0.25, 0.3) is 0 Å². The Hall–Kier alpha value is -2.95. The van der Waals surface area contributed by atoms with Gasteiger partial charge in [-0.1, -0.05) is 61.5 Å². The van der Waals surface area contributed by atoms with Crippen LogP contribution >= 0.6 is 0 Å². The normalized spacial score (nSPS) is 11.5. The van der Waals surface area contributed by atoms with Crippen LogP contribution in [0.4, 0.5) is 0 Å². The van der Waals surface area contributed by atoms with Gasteiger partial charge in [0.05, 0.1) is 12.5 Å². The summed E-state index contributed by atoms with van der Waals surface area (Å²) >= 11 is 0. The number of ether oxygens (including phenoxy) is 1. The van der Waals surface area contributed by atoms with E-state index in [0.29, 0.717) is 18.6 Å². The largest absolute Gasteiger partial charge is 0.466 e. The zero-order chi connectivity index (χ0) is 21.1. The second kappa shape index (κ2) is 11.8. The van der Waals surface area contributed by atoms with Gasteiger partial charge < -0.3 is 10.1 Å². The van der Waals surface area contributed by atoms with E-state index in [1.165, 1.54) is 5.56 Å². The number of hydrogen-bond donors (Lipinski definition) is 1. The van der Waals surface area contributed by atoms with E-state index in [4.69, 9.17) is 4.74 Å². The molecule has 0 heterocycles. The number of amides is 1. The van der Waals surface area contributed by atoms with Crippen molar-refractivity contribution in [1.82, 2.24) is 5.32 Å². The van der Waals surface area contributed by atoms with Crippen molar-refractivity contribution in [2.75, 3.05) is 13.2 Å². The highest BCUT2D eigenvalue weighted by molar-refractivity contribution is 5.98. The maximum Gasteiger partial charge on any atom is 0.311 e. The summed E-state index contributed by atoms with van der Waals surface area (Å²) in [5.74, 6) is -1.10. The molecular formula is C24H29NO4. The van der Waals surface area contributed by atoms with Gasteiger partial charge in [0, 0.05) is 24.9 Å². The molecule has 5 heteroatoms. The monoisotopic (exact) mass is 395 g/mol. The third kappa shape index (κ3) is 7.53. The molecule has 0 radical (unpaired) electrons. The maximum atomic E-state index is 12.3. The summed E-state index contributed by atoms with van der Waals surface area (Å²) in [6.07, 6.45) is 1.64. The van der Waals surface area contributed by atoms with Gasteiger partial charge in [0.2, 0.25) is 5.91 Å². The number of carbonyl (C=O) groups excluding carboxylic acids is 3. The summed E-state index contributed by atoms with van der Waals surface area (Å²) in [6, 6.07) is 17.1. The first-order valence-corrected chi connectivity index (χ1v) is 10.1. The molecule has 1 amide bonds. The van der Waals surface area contributed by atoms with Crippen LogP contribution in [0.3, 0.4) is 0 Å². The van der Waals surface area contributed by atoms with Crippen molar-refractivity contribution in [2.45, 2.75) is 39.5 Å². The van der Waals surface area contributed by atoms with Crippen molar-refractivity contribution in [3.8, 4) is 0 Å². The third-order valence-corrected chi connectivity index (χ3v) is 4.75. The first-order valence-electron chi connectivity index (χ1n) is 10.1. The lowest BCUT2D eigenvalue weighted by Crippen LogP contribution is -2.35. The molecule has 2 aromatic carbocycles. The van der Waals surface area contributed by atoms with Crippen molar-refractivity contribution in [1.29, 1.82) is 0 Å². The quantitative estimate of drug-likeness (QED) is 0.465. The number of aryl methyl sites for hydroxylation is 1. The van der Waals surface area contributed by atoms with Crippen LogP contribution in [0.2, 0.25) is 0 Å². The van der Waals surface area contributed by atoms with Gasteiger partial charge in [-0.2, -0.15) is 0 Å². The third-order valence-electron chi connectivity index (χ3n) is 4.75. The van der Waals surface area contributed by atoms with Crippen LogP contribution in [0.5, 0.6) is 0 Å². The van der Waals surface area contributed by atoms with Crippen LogP contribution in [0.25, 0.3) is 0 Å². The van der Waals surface area contributed by atoms with Gasteiger partial charge in [-0.15, -0.1) is 0 Å². The molecular weight excluding hydrogens is 366 g/mol. The lowest BCUT2D eigenvalue weighted by molar-refractivity contribution is -0.147. The molecule has 1 unspecified atom stereocenters. The van der Waals surface area contributed by atoms with E-state index in [1.807, 2.05) is 42.5 Å². The van der Waals surface area contributed by atoms with E-state index in [1.54, 1.807) is 19.1 Å². The average molecular weight is 395 g/mol. The number of benzene rings is 2. The number of esters is 1. The van der Waals surface area contributed by atoms with E-state index >= 15 is 0 Å². The van der Waals surface area contributed by atoms with Crippen LogP contribution in [0, 0.1) is 5.92 Å². The van der Waals surface area contributed by atoms with Crippen molar-refractivity contribution < 1.29 is 19.1 Å². The minimum Gasteiger partial charge on any atom is -0.466 e. The van der Waals surface area contributed by atoms with Crippen molar-refractivity contribution in [2.24, 2.45) is 5.92 Å². The summed E-state index contributed by atoms with van der Waals surface area (Å²) in [4.78, 5) is 36.7. The van der Waals surface area contributed by atoms with Gasteiger partial charge in [0.1, 0.15) is 0 Å². The SMILES string of the molecule is CCOC(=O)C(CNC(=O)CCC(=O)c1ccc(CC)cc1)Cc1ccccc1. The highest BCUT2D eigenvalue weighted by atomic mass is 16.5. The van der Waals surface area contributed by atoms with Crippen LogP contribution in [0.15, 0.2) is 54.6 Å². The molecule has 0 fully saturated rings. The molecule has 1 atom stereocenters. The molecule has 0 saturated carbocycles. The second-order valence-electron chi connectivity index (χ2n) is 6.92. The topological polar surface area (TPSA) is 72.5 Å². The smallest absolute Gasteiger partial charge is 0.311 e. The minimum absolute atomic E-state index is 0.0611. The fourth-order valence-corrected chi connectivity index (χ4v) is 3.02. The van der Waals surface area contributed by atoms with Crippen LogP contribution in [-0.2, 0) is 27.2 Å². The van der Waals surface area contributed by atoms with Crippen LogP contribution < -0.4 is 5.32 Å². The van der Waals surface area contributed by atoms with Gasteiger partial charge in [0.15, 0.2) is 5.78 Å². The van der Waals surface area contributed by atoms with E-state index < -0.39 is 5.92 Å². The number of carbonyl (C=O) groups is 3.